The molecule has 4 heterocycles. The molecule has 0 fully saturated rings. The third-order valence-electron chi connectivity index (χ3n) is 6.71. The van der Waals surface area contributed by atoms with Crippen LogP contribution in [0.1, 0.15) is 19.9 Å². The molecule has 0 N–H and O–H groups in total. The van der Waals surface area contributed by atoms with Gasteiger partial charge in [-0.25, -0.2) is 4.57 Å². The van der Waals surface area contributed by atoms with Crippen LogP contribution in [0, 0.1) is 0 Å². The molecule has 6 aromatic rings. The molecule has 0 spiro atoms. The lowest BCUT2D eigenvalue weighted by Crippen LogP contribution is -2.34. The van der Waals surface area contributed by atoms with Crippen LogP contribution in [0.5, 0.6) is 17.2 Å². The first kappa shape index (κ1) is 24.9. The van der Waals surface area contributed by atoms with Crippen LogP contribution in [0.4, 0.5) is 0 Å². The Hall–Kier alpha value is -3.39. The molecule has 0 aliphatic rings. The Morgan fingerprint density at radius 1 is 0.632 bits per heavy atom. The molecule has 2 aromatic carbocycles. The van der Waals surface area contributed by atoms with Crippen molar-refractivity contribution >= 4 is 52.8 Å². The van der Waals surface area contributed by atoms with Crippen molar-refractivity contribution in [3.05, 3.63) is 73.1 Å². The zero-order chi connectivity index (χ0) is 26.4. The lowest BCUT2D eigenvalue weighted by atomic mass is 10.0. The van der Waals surface area contributed by atoms with E-state index in [1.165, 1.54) is 40.4 Å². The van der Waals surface area contributed by atoms with E-state index in [4.69, 9.17) is 14.2 Å². The molecule has 0 unspecified atom stereocenters. The standard InChI is InChI=1S/C31H28NO3S3/c1-18(2)32-11-9-19(10-12-32)20-7-6-8-21(13-20)25-16-27-30(37-25)31-28(36-27)17-26(38-31)29-23(34-4)14-22(33-3)15-24(29)35-5/h6-18H,1-5H3/q+1. The minimum atomic E-state index is 0.455. The van der Waals surface area contributed by atoms with Gasteiger partial charge in [0.15, 0.2) is 18.4 Å². The van der Waals surface area contributed by atoms with E-state index < -0.39 is 0 Å². The number of pyridine rings is 1. The number of nitrogens with zero attached hydrogens (tertiary/aromatic N) is 1. The van der Waals surface area contributed by atoms with Gasteiger partial charge in [-0.05, 0) is 48.7 Å². The second-order valence-corrected chi connectivity index (χ2v) is 12.5. The molecule has 0 radical (unpaired) electrons. The summed E-state index contributed by atoms with van der Waals surface area (Å²) in [5.74, 6) is 2.20. The molecule has 4 nitrogen and oxygen atoms in total. The number of fused-ring (bicyclic) bond motifs is 3. The average Bonchev–Trinajstić information content (AvgIpc) is 3.63. The number of thiophene rings is 3. The van der Waals surface area contributed by atoms with Crippen LogP contribution < -0.4 is 18.8 Å². The molecule has 192 valence electrons. The summed E-state index contributed by atoms with van der Waals surface area (Å²) < 4.78 is 24.4. The fraction of sp³-hybridized carbons (Fsp3) is 0.194. The minimum Gasteiger partial charge on any atom is -0.496 e. The Bertz CT molecular complexity index is 1730. The highest BCUT2D eigenvalue weighted by atomic mass is 32.1. The van der Waals surface area contributed by atoms with Crippen molar-refractivity contribution in [1.29, 1.82) is 0 Å². The molecule has 38 heavy (non-hydrogen) atoms. The number of methoxy groups -OCH3 is 3. The molecular weight excluding hydrogens is 531 g/mol. The van der Waals surface area contributed by atoms with Gasteiger partial charge in [-0.3, -0.25) is 0 Å². The molecule has 0 saturated heterocycles. The van der Waals surface area contributed by atoms with Crippen molar-refractivity contribution in [2.24, 2.45) is 0 Å². The highest BCUT2D eigenvalue weighted by Gasteiger charge is 2.21. The fourth-order valence-electron chi connectivity index (χ4n) is 4.68. The van der Waals surface area contributed by atoms with E-state index in [0.717, 1.165) is 21.9 Å². The van der Waals surface area contributed by atoms with E-state index in [1.807, 2.05) is 34.8 Å². The molecule has 0 bridgehead atoms. The summed E-state index contributed by atoms with van der Waals surface area (Å²) in [6, 6.07) is 22.1. The number of rotatable bonds is 7. The predicted octanol–water partition coefficient (Wildman–Crippen LogP) is 9.07. The quantitative estimate of drug-likeness (QED) is 0.183. The lowest BCUT2D eigenvalue weighted by Gasteiger charge is -2.13. The monoisotopic (exact) mass is 558 g/mol. The number of hydrogen-bond acceptors (Lipinski definition) is 6. The third kappa shape index (κ3) is 4.34. The lowest BCUT2D eigenvalue weighted by molar-refractivity contribution is -0.716. The number of hydrogen-bond donors (Lipinski definition) is 0. The van der Waals surface area contributed by atoms with Crippen LogP contribution in [0.25, 0.3) is 50.8 Å². The first-order valence-electron chi connectivity index (χ1n) is 12.4. The summed E-state index contributed by atoms with van der Waals surface area (Å²) in [6.07, 6.45) is 4.32. The van der Waals surface area contributed by atoms with Gasteiger partial charge < -0.3 is 14.2 Å². The molecule has 6 rings (SSSR count). The highest BCUT2D eigenvalue weighted by Crippen LogP contribution is 2.51. The number of benzene rings is 2. The predicted molar refractivity (Wildman–Crippen MR) is 162 cm³/mol. The Kier molecular flexibility index (Phi) is 6.60. The van der Waals surface area contributed by atoms with Crippen molar-refractivity contribution in [3.8, 4) is 49.3 Å². The number of ether oxygens (including phenoxy) is 3. The highest BCUT2D eigenvalue weighted by molar-refractivity contribution is 7.40. The Morgan fingerprint density at radius 2 is 1.24 bits per heavy atom. The molecule has 0 atom stereocenters. The van der Waals surface area contributed by atoms with Crippen LogP contribution in [0.15, 0.2) is 73.1 Å². The van der Waals surface area contributed by atoms with Crippen molar-refractivity contribution in [3.63, 3.8) is 0 Å². The Labute approximate surface area is 234 Å². The molecule has 0 aliphatic heterocycles. The summed E-state index contributed by atoms with van der Waals surface area (Å²) in [5, 5.41) is 0. The van der Waals surface area contributed by atoms with Crippen molar-refractivity contribution in [2.75, 3.05) is 21.3 Å². The maximum Gasteiger partial charge on any atom is 0.169 e. The maximum atomic E-state index is 5.72. The largest absolute Gasteiger partial charge is 0.496 e. The van der Waals surface area contributed by atoms with Crippen LogP contribution >= 0.6 is 34.0 Å². The van der Waals surface area contributed by atoms with Gasteiger partial charge in [-0.2, -0.15) is 0 Å². The van der Waals surface area contributed by atoms with Crippen LogP contribution in [0.2, 0.25) is 0 Å². The third-order valence-corrected chi connectivity index (χ3v) is 10.6. The first-order valence-corrected chi connectivity index (χ1v) is 14.8. The number of aromatic nitrogens is 1. The van der Waals surface area contributed by atoms with Crippen LogP contribution in [0.3, 0.4) is 0 Å². The van der Waals surface area contributed by atoms with Gasteiger partial charge in [0.1, 0.15) is 17.2 Å². The van der Waals surface area contributed by atoms with Gasteiger partial charge in [0.2, 0.25) is 0 Å². The zero-order valence-electron chi connectivity index (χ0n) is 21.9. The van der Waals surface area contributed by atoms with Crippen molar-refractivity contribution < 1.29 is 18.8 Å². The summed E-state index contributed by atoms with van der Waals surface area (Å²) in [5.41, 5.74) is 4.68. The summed E-state index contributed by atoms with van der Waals surface area (Å²) >= 11 is 5.50. The second-order valence-electron chi connectivity index (χ2n) is 9.33. The topological polar surface area (TPSA) is 31.6 Å². The van der Waals surface area contributed by atoms with Gasteiger partial charge in [-0.1, -0.05) is 18.2 Å². The SMILES string of the molecule is COc1cc(OC)c(-c2cc3sc4cc(-c5cccc(-c6cc[n+](C(C)C)cc6)c5)sc4c3s2)c(OC)c1. The van der Waals surface area contributed by atoms with Gasteiger partial charge >= 0.3 is 0 Å². The second kappa shape index (κ2) is 10.1. The van der Waals surface area contributed by atoms with Crippen LogP contribution in [-0.2, 0) is 0 Å². The molecule has 0 amide bonds. The van der Waals surface area contributed by atoms with Crippen molar-refractivity contribution in [2.45, 2.75) is 19.9 Å². The summed E-state index contributed by atoms with van der Waals surface area (Å²) in [7, 11) is 5.02. The van der Waals surface area contributed by atoms with E-state index in [2.05, 4.69) is 79.3 Å². The summed E-state index contributed by atoms with van der Waals surface area (Å²) in [4.78, 5) is 2.42. The van der Waals surface area contributed by atoms with E-state index in [9.17, 15) is 0 Å². The van der Waals surface area contributed by atoms with Gasteiger partial charge in [-0.15, -0.1) is 34.0 Å². The average molecular weight is 559 g/mol. The van der Waals surface area contributed by atoms with Gasteiger partial charge in [0.25, 0.3) is 0 Å². The normalized spacial score (nSPS) is 11.5. The summed E-state index contributed by atoms with van der Waals surface area (Å²) in [6.45, 7) is 4.39. The Morgan fingerprint density at radius 3 is 1.84 bits per heavy atom. The van der Waals surface area contributed by atoms with Crippen LogP contribution in [-0.4, -0.2) is 21.3 Å². The van der Waals surface area contributed by atoms with E-state index in [0.29, 0.717) is 11.8 Å². The molecular formula is C31H28NO3S3+. The molecule has 0 saturated carbocycles. The fourth-order valence-corrected chi connectivity index (χ4v) is 8.75. The maximum absolute atomic E-state index is 5.72. The van der Waals surface area contributed by atoms with E-state index in [1.54, 1.807) is 32.7 Å². The zero-order valence-corrected chi connectivity index (χ0v) is 24.4. The molecule has 0 aliphatic carbocycles. The molecule has 4 aromatic heterocycles. The van der Waals surface area contributed by atoms with Gasteiger partial charge in [0.05, 0.1) is 36.3 Å². The van der Waals surface area contributed by atoms with Gasteiger partial charge in [0, 0.05) is 43.4 Å². The minimum absolute atomic E-state index is 0.455. The molecule has 7 heteroatoms. The van der Waals surface area contributed by atoms with E-state index in [-0.39, 0.29) is 0 Å². The van der Waals surface area contributed by atoms with Crippen molar-refractivity contribution in [1.82, 2.24) is 0 Å². The first-order chi connectivity index (χ1) is 18.5. The Balaban J connectivity index is 1.39. The smallest absolute Gasteiger partial charge is 0.169 e. The van der Waals surface area contributed by atoms with E-state index >= 15 is 0 Å².